The normalized spacial score (nSPS) is 10.2. The maximum Gasteiger partial charge on any atom is 0.191 e. The van der Waals surface area contributed by atoms with Crippen LogP contribution in [0.4, 0.5) is 5.69 Å². The SMILES string of the molecule is C=CCOc1cccc(C=NNC(=S)Nc2ccccc2)c1. The molecule has 0 saturated heterocycles. The Labute approximate surface area is 135 Å². The number of ether oxygens (including phenoxy) is 1. The van der Waals surface area contributed by atoms with Crippen molar-refractivity contribution in [3.8, 4) is 5.75 Å². The van der Waals surface area contributed by atoms with E-state index < -0.39 is 0 Å². The molecule has 22 heavy (non-hydrogen) atoms. The zero-order valence-electron chi connectivity index (χ0n) is 12.0. The molecule has 0 aliphatic heterocycles. The largest absolute Gasteiger partial charge is 0.490 e. The summed E-state index contributed by atoms with van der Waals surface area (Å²) in [7, 11) is 0. The standard InChI is InChI=1S/C17H17N3OS/c1-2-11-21-16-10-6-7-14(12-16)13-18-20-17(22)19-15-8-4-3-5-9-15/h2-10,12-13H,1,11H2,(H2,19,20,22). The third-order valence-corrected chi connectivity index (χ3v) is 2.83. The Morgan fingerprint density at radius 2 is 2.00 bits per heavy atom. The average molecular weight is 311 g/mol. The van der Waals surface area contributed by atoms with Gasteiger partial charge in [0.2, 0.25) is 0 Å². The molecule has 0 aliphatic rings. The highest BCUT2D eigenvalue weighted by atomic mass is 32.1. The third-order valence-electron chi connectivity index (χ3n) is 2.64. The van der Waals surface area contributed by atoms with Crippen LogP contribution in [-0.4, -0.2) is 17.9 Å². The highest BCUT2D eigenvalue weighted by molar-refractivity contribution is 7.80. The fourth-order valence-corrected chi connectivity index (χ4v) is 1.86. The molecule has 0 heterocycles. The van der Waals surface area contributed by atoms with Crippen LogP contribution in [0.2, 0.25) is 0 Å². The van der Waals surface area contributed by atoms with E-state index in [4.69, 9.17) is 17.0 Å². The highest BCUT2D eigenvalue weighted by Gasteiger charge is 1.96. The van der Waals surface area contributed by atoms with Gasteiger partial charge in [-0.25, -0.2) is 0 Å². The van der Waals surface area contributed by atoms with E-state index in [1.54, 1.807) is 12.3 Å². The molecular weight excluding hydrogens is 294 g/mol. The molecular formula is C17H17N3OS. The molecule has 0 aromatic heterocycles. The molecule has 0 unspecified atom stereocenters. The van der Waals surface area contributed by atoms with Crippen molar-refractivity contribution in [3.63, 3.8) is 0 Å². The van der Waals surface area contributed by atoms with Gasteiger partial charge in [0.05, 0.1) is 6.21 Å². The minimum Gasteiger partial charge on any atom is -0.490 e. The van der Waals surface area contributed by atoms with Gasteiger partial charge >= 0.3 is 0 Å². The van der Waals surface area contributed by atoms with Gasteiger partial charge < -0.3 is 10.1 Å². The molecule has 0 amide bonds. The van der Waals surface area contributed by atoms with E-state index in [0.29, 0.717) is 11.7 Å². The van der Waals surface area contributed by atoms with Crippen LogP contribution in [0.1, 0.15) is 5.56 Å². The molecule has 2 aromatic carbocycles. The van der Waals surface area contributed by atoms with E-state index in [2.05, 4.69) is 22.4 Å². The van der Waals surface area contributed by atoms with Crippen molar-refractivity contribution < 1.29 is 4.74 Å². The zero-order valence-corrected chi connectivity index (χ0v) is 12.8. The van der Waals surface area contributed by atoms with Crippen molar-refractivity contribution in [1.82, 2.24) is 5.43 Å². The van der Waals surface area contributed by atoms with Gasteiger partial charge in [0.15, 0.2) is 5.11 Å². The molecule has 0 aliphatic carbocycles. The molecule has 5 heteroatoms. The molecule has 2 aromatic rings. The summed E-state index contributed by atoms with van der Waals surface area (Å²) in [6.45, 7) is 4.10. The fourth-order valence-electron chi connectivity index (χ4n) is 1.69. The van der Waals surface area contributed by atoms with Gasteiger partial charge in [-0.2, -0.15) is 5.10 Å². The van der Waals surface area contributed by atoms with Crippen molar-refractivity contribution in [1.29, 1.82) is 0 Å². The smallest absolute Gasteiger partial charge is 0.191 e. The summed E-state index contributed by atoms with van der Waals surface area (Å²) in [4.78, 5) is 0. The average Bonchev–Trinajstić information content (AvgIpc) is 2.54. The predicted molar refractivity (Wildman–Crippen MR) is 95.5 cm³/mol. The molecule has 0 radical (unpaired) electrons. The quantitative estimate of drug-likeness (QED) is 0.370. The molecule has 112 valence electrons. The van der Waals surface area contributed by atoms with Gasteiger partial charge in [-0.15, -0.1) is 0 Å². The predicted octanol–water partition coefficient (Wildman–Crippen LogP) is 3.57. The lowest BCUT2D eigenvalue weighted by Gasteiger charge is -2.06. The van der Waals surface area contributed by atoms with E-state index in [0.717, 1.165) is 17.0 Å². The van der Waals surface area contributed by atoms with Gasteiger partial charge in [-0.1, -0.05) is 43.0 Å². The molecule has 0 saturated carbocycles. The topological polar surface area (TPSA) is 45.6 Å². The van der Waals surface area contributed by atoms with Gasteiger partial charge in [-0.3, -0.25) is 5.43 Å². The summed E-state index contributed by atoms with van der Waals surface area (Å²) in [5, 5.41) is 7.57. The number of hydrogen-bond acceptors (Lipinski definition) is 3. The van der Waals surface area contributed by atoms with Crippen LogP contribution in [0.15, 0.2) is 72.4 Å². The van der Waals surface area contributed by atoms with Crippen LogP contribution >= 0.6 is 12.2 Å². The van der Waals surface area contributed by atoms with Crippen molar-refractivity contribution in [2.24, 2.45) is 5.10 Å². The first-order valence-electron chi connectivity index (χ1n) is 6.77. The number of benzene rings is 2. The van der Waals surface area contributed by atoms with E-state index >= 15 is 0 Å². The molecule has 0 fully saturated rings. The lowest BCUT2D eigenvalue weighted by molar-refractivity contribution is 0.363. The minimum atomic E-state index is 0.432. The van der Waals surface area contributed by atoms with E-state index in [1.165, 1.54) is 0 Å². The van der Waals surface area contributed by atoms with Crippen LogP contribution < -0.4 is 15.5 Å². The third kappa shape index (κ3) is 5.38. The lowest BCUT2D eigenvalue weighted by Crippen LogP contribution is -2.23. The van der Waals surface area contributed by atoms with Gasteiger partial charge in [-0.05, 0) is 42.0 Å². The Kier molecular flexibility index (Phi) is 6.14. The van der Waals surface area contributed by atoms with Gasteiger partial charge in [0, 0.05) is 5.69 Å². The van der Waals surface area contributed by atoms with Crippen LogP contribution in [-0.2, 0) is 0 Å². The Hall–Kier alpha value is -2.66. The van der Waals surface area contributed by atoms with E-state index in [9.17, 15) is 0 Å². The van der Waals surface area contributed by atoms with Crippen LogP contribution in [0.25, 0.3) is 0 Å². The van der Waals surface area contributed by atoms with Gasteiger partial charge in [0.1, 0.15) is 12.4 Å². The molecule has 2 rings (SSSR count). The number of hydrazone groups is 1. The lowest BCUT2D eigenvalue weighted by atomic mass is 10.2. The first kappa shape index (κ1) is 15.7. The molecule has 0 bridgehead atoms. The number of nitrogens with one attached hydrogen (secondary N) is 2. The number of thiocarbonyl (C=S) groups is 1. The maximum atomic E-state index is 5.46. The summed E-state index contributed by atoms with van der Waals surface area (Å²) in [5.41, 5.74) is 4.60. The van der Waals surface area contributed by atoms with Gasteiger partial charge in [0.25, 0.3) is 0 Å². The van der Waals surface area contributed by atoms with Crippen LogP contribution in [0.5, 0.6) is 5.75 Å². The van der Waals surface area contributed by atoms with E-state index in [1.807, 2.05) is 54.6 Å². The molecule has 0 atom stereocenters. The minimum absolute atomic E-state index is 0.432. The van der Waals surface area contributed by atoms with Crippen molar-refractivity contribution >= 4 is 29.2 Å². The molecule has 0 spiro atoms. The number of hydrogen-bond donors (Lipinski definition) is 2. The summed E-state index contributed by atoms with van der Waals surface area (Å²) < 4.78 is 5.46. The fraction of sp³-hybridized carbons (Fsp3) is 0.0588. The number of anilines is 1. The monoisotopic (exact) mass is 311 g/mol. The highest BCUT2D eigenvalue weighted by Crippen LogP contribution is 2.11. The van der Waals surface area contributed by atoms with Crippen molar-refractivity contribution in [3.05, 3.63) is 72.8 Å². The number of nitrogens with zero attached hydrogens (tertiary/aromatic N) is 1. The van der Waals surface area contributed by atoms with E-state index in [-0.39, 0.29) is 0 Å². The van der Waals surface area contributed by atoms with Crippen LogP contribution in [0, 0.1) is 0 Å². The summed E-state index contributed by atoms with van der Waals surface area (Å²) in [5.74, 6) is 0.772. The Balaban J connectivity index is 1.86. The van der Waals surface area contributed by atoms with Crippen molar-refractivity contribution in [2.45, 2.75) is 0 Å². The number of rotatable bonds is 6. The second kappa shape index (κ2) is 8.59. The first-order chi connectivity index (χ1) is 10.8. The second-order valence-electron chi connectivity index (χ2n) is 4.36. The summed E-state index contributed by atoms with van der Waals surface area (Å²) in [6.07, 6.45) is 3.38. The molecule has 2 N–H and O–H groups in total. The number of para-hydroxylation sites is 1. The summed E-state index contributed by atoms with van der Waals surface area (Å²) >= 11 is 5.16. The Morgan fingerprint density at radius 1 is 1.18 bits per heavy atom. The first-order valence-corrected chi connectivity index (χ1v) is 7.17. The Bertz CT molecular complexity index is 656. The summed E-state index contributed by atoms with van der Waals surface area (Å²) in [6, 6.07) is 17.3. The molecule has 4 nitrogen and oxygen atoms in total. The zero-order chi connectivity index (χ0) is 15.6. The second-order valence-corrected chi connectivity index (χ2v) is 4.77. The maximum absolute atomic E-state index is 5.46. The Morgan fingerprint density at radius 3 is 2.77 bits per heavy atom. The van der Waals surface area contributed by atoms with Crippen molar-refractivity contribution in [2.75, 3.05) is 11.9 Å². The van der Waals surface area contributed by atoms with Crippen LogP contribution in [0.3, 0.4) is 0 Å².